The number of methoxy groups -OCH3 is 1. The number of halogens is 1. The van der Waals surface area contributed by atoms with Crippen molar-refractivity contribution in [3.63, 3.8) is 0 Å². The summed E-state index contributed by atoms with van der Waals surface area (Å²) in [6, 6.07) is 22.1. The maximum Gasteiger partial charge on any atom is 0.265 e. The summed E-state index contributed by atoms with van der Waals surface area (Å²) >= 11 is 5.81. The molecule has 0 radical (unpaired) electrons. The second-order valence-corrected chi connectivity index (χ2v) is 6.68. The molecule has 30 heavy (non-hydrogen) atoms. The number of rotatable bonds is 9. The summed E-state index contributed by atoms with van der Waals surface area (Å²) in [6.45, 7) is 0.227. The summed E-state index contributed by atoms with van der Waals surface area (Å²) in [7, 11) is 1.57. The van der Waals surface area contributed by atoms with Gasteiger partial charge in [0, 0.05) is 16.3 Å². The van der Waals surface area contributed by atoms with Gasteiger partial charge in [-0.05, 0) is 48.0 Å². The van der Waals surface area contributed by atoms with Crippen molar-refractivity contribution in [2.45, 2.75) is 6.61 Å². The van der Waals surface area contributed by atoms with Crippen LogP contribution < -0.4 is 14.8 Å². The molecule has 0 aliphatic rings. The predicted octanol–water partition coefficient (Wildman–Crippen LogP) is 4.92. The number of anilines is 1. The third-order valence-electron chi connectivity index (χ3n) is 4.02. The van der Waals surface area contributed by atoms with Crippen molar-refractivity contribution in [1.29, 1.82) is 0 Å². The Morgan fingerprint density at radius 1 is 1.03 bits per heavy atom. The fourth-order valence-corrected chi connectivity index (χ4v) is 2.67. The zero-order chi connectivity index (χ0) is 21.2. The molecule has 0 aromatic heterocycles. The second kappa shape index (κ2) is 10.9. The molecule has 0 aliphatic heterocycles. The van der Waals surface area contributed by atoms with Crippen LogP contribution in [0.5, 0.6) is 11.5 Å². The molecule has 0 bridgehead atoms. The Balaban J connectivity index is 1.50. The van der Waals surface area contributed by atoms with Crippen LogP contribution in [0, 0.1) is 0 Å². The van der Waals surface area contributed by atoms with Crippen molar-refractivity contribution in [1.82, 2.24) is 0 Å². The largest absolute Gasteiger partial charge is 0.493 e. The summed E-state index contributed by atoms with van der Waals surface area (Å²) < 4.78 is 11.2. The van der Waals surface area contributed by atoms with E-state index >= 15 is 0 Å². The molecule has 0 atom stereocenters. The average molecular weight is 425 g/mol. The minimum absolute atomic E-state index is 0.214. The topological polar surface area (TPSA) is 69.2 Å². The molecule has 0 fully saturated rings. The van der Waals surface area contributed by atoms with Gasteiger partial charge in [0.1, 0.15) is 6.61 Å². The van der Waals surface area contributed by atoms with Crippen LogP contribution in [0.15, 0.2) is 78.0 Å². The van der Waals surface area contributed by atoms with Gasteiger partial charge in [0.15, 0.2) is 18.1 Å². The van der Waals surface area contributed by atoms with Gasteiger partial charge in [-0.3, -0.25) is 4.79 Å². The summed E-state index contributed by atoms with van der Waals surface area (Å²) in [4.78, 5) is 16.9. The normalized spacial score (nSPS) is 10.6. The molecule has 154 valence electrons. The van der Waals surface area contributed by atoms with E-state index in [-0.39, 0.29) is 12.5 Å². The minimum atomic E-state index is -0.322. The molecule has 0 heterocycles. The van der Waals surface area contributed by atoms with Crippen molar-refractivity contribution in [2.24, 2.45) is 5.16 Å². The van der Waals surface area contributed by atoms with E-state index in [1.807, 2.05) is 36.4 Å². The van der Waals surface area contributed by atoms with E-state index in [4.69, 9.17) is 25.9 Å². The third-order valence-corrected chi connectivity index (χ3v) is 4.28. The molecule has 1 amide bonds. The van der Waals surface area contributed by atoms with Crippen molar-refractivity contribution in [3.05, 3.63) is 88.9 Å². The predicted molar refractivity (Wildman–Crippen MR) is 117 cm³/mol. The van der Waals surface area contributed by atoms with Crippen LogP contribution >= 0.6 is 11.6 Å². The van der Waals surface area contributed by atoms with E-state index in [0.717, 1.165) is 11.1 Å². The first-order chi connectivity index (χ1) is 14.6. The Labute approximate surface area is 180 Å². The Hall–Kier alpha value is -3.51. The number of ether oxygens (including phenoxy) is 2. The number of hydrogen-bond donors (Lipinski definition) is 1. The highest BCUT2D eigenvalue weighted by molar-refractivity contribution is 6.30. The van der Waals surface area contributed by atoms with Crippen molar-refractivity contribution < 1.29 is 19.1 Å². The van der Waals surface area contributed by atoms with Crippen LogP contribution in [-0.4, -0.2) is 25.8 Å². The first-order valence-electron chi connectivity index (χ1n) is 9.19. The van der Waals surface area contributed by atoms with Crippen molar-refractivity contribution >= 4 is 29.4 Å². The van der Waals surface area contributed by atoms with Crippen molar-refractivity contribution in [3.8, 4) is 11.5 Å². The number of nitrogens with one attached hydrogen (secondary N) is 1. The highest BCUT2D eigenvalue weighted by atomic mass is 35.5. The average Bonchev–Trinajstić information content (AvgIpc) is 2.78. The molecular formula is C23H21ClN2O4. The molecule has 0 aliphatic carbocycles. The maximum atomic E-state index is 11.9. The highest BCUT2D eigenvalue weighted by Gasteiger charge is 2.06. The molecule has 3 aromatic rings. The second-order valence-electron chi connectivity index (χ2n) is 6.25. The van der Waals surface area contributed by atoms with E-state index in [1.165, 1.54) is 6.21 Å². The van der Waals surface area contributed by atoms with Gasteiger partial charge in [0.2, 0.25) is 0 Å². The van der Waals surface area contributed by atoms with E-state index in [0.29, 0.717) is 28.8 Å². The zero-order valence-electron chi connectivity index (χ0n) is 16.4. The van der Waals surface area contributed by atoms with Gasteiger partial charge in [-0.15, -0.1) is 0 Å². The Kier molecular flexibility index (Phi) is 7.69. The number of amides is 1. The Morgan fingerprint density at radius 3 is 2.53 bits per heavy atom. The first-order valence-corrected chi connectivity index (χ1v) is 9.57. The molecule has 0 spiro atoms. The molecule has 0 saturated heterocycles. The van der Waals surface area contributed by atoms with Crippen LogP contribution in [0.2, 0.25) is 5.02 Å². The molecule has 3 rings (SSSR count). The molecular weight excluding hydrogens is 404 g/mol. The number of nitrogens with zero attached hydrogens (tertiary/aromatic N) is 1. The van der Waals surface area contributed by atoms with Crippen LogP contribution in [0.4, 0.5) is 5.69 Å². The molecule has 1 N–H and O–H groups in total. The standard InChI is InChI=1S/C23H21ClN2O4/c1-28-22-13-18(7-12-21(22)29-15-17-5-3-2-4-6-17)14-25-30-16-23(27)26-20-10-8-19(24)9-11-20/h2-14H,15-16H2,1H3,(H,26,27). The summed E-state index contributed by atoms with van der Waals surface area (Å²) in [5.41, 5.74) is 2.44. The van der Waals surface area contributed by atoms with E-state index in [2.05, 4.69) is 10.5 Å². The summed E-state index contributed by atoms with van der Waals surface area (Å²) in [5, 5.41) is 7.12. The number of carbonyl (C=O) groups excluding carboxylic acids is 1. The van der Waals surface area contributed by atoms with Crippen LogP contribution in [0.3, 0.4) is 0 Å². The molecule has 6 nitrogen and oxygen atoms in total. The van der Waals surface area contributed by atoms with Crippen LogP contribution in [-0.2, 0) is 16.2 Å². The van der Waals surface area contributed by atoms with Gasteiger partial charge < -0.3 is 19.6 Å². The van der Waals surface area contributed by atoms with Gasteiger partial charge in [0.25, 0.3) is 5.91 Å². The Morgan fingerprint density at radius 2 is 1.80 bits per heavy atom. The van der Waals surface area contributed by atoms with Crippen LogP contribution in [0.25, 0.3) is 0 Å². The fourth-order valence-electron chi connectivity index (χ4n) is 2.54. The molecule has 0 saturated carbocycles. The van der Waals surface area contributed by atoms with Crippen molar-refractivity contribution in [2.75, 3.05) is 19.0 Å². The minimum Gasteiger partial charge on any atom is -0.493 e. The monoisotopic (exact) mass is 424 g/mol. The van der Waals surface area contributed by atoms with Gasteiger partial charge >= 0.3 is 0 Å². The van der Waals surface area contributed by atoms with Gasteiger partial charge in [-0.2, -0.15) is 0 Å². The van der Waals surface area contributed by atoms with Gasteiger partial charge in [-0.25, -0.2) is 0 Å². The van der Waals surface area contributed by atoms with E-state index < -0.39 is 0 Å². The first kappa shape index (κ1) is 21.2. The highest BCUT2D eigenvalue weighted by Crippen LogP contribution is 2.28. The lowest BCUT2D eigenvalue weighted by Crippen LogP contribution is -2.16. The lowest BCUT2D eigenvalue weighted by Gasteiger charge is -2.11. The quantitative estimate of drug-likeness (QED) is 0.391. The summed E-state index contributed by atoms with van der Waals surface area (Å²) in [5.74, 6) is 0.883. The lowest BCUT2D eigenvalue weighted by molar-refractivity contribution is -0.120. The summed E-state index contributed by atoms with van der Waals surface area (Å²) in [6.07, 6.45) is 1.50. The van der Waals surface area contributed by atoms with Gasteiger partial charge in [0.05, 0.1) is 13.3 Å². The number of oxime groups is 1. The molecule has 7 heteroatoms. The number of benzene rings is 3. The van der Waals surface area contributed by atoms with Gasteiger partial charge in [-0.1, -0.05) is 47.1 Å². The number of hydrogen-bond acceptors (Lipinski definition) is 5. The number of carbonyl (C=O) groups is 1. The van der Waals surface area contributed by atoms with Crippen LogP contribution in [0.1, 0.15) is 11.1 Å². The maximum absolute atomic E-state index is 11.9. The fraction of sp³-hybridized carbons (Fsp3) is 0.130. The SMILES string of the molecule is COc1cc(C=NOCC(=O)Nc2ccc(Cl)cc2)ccc1OCc1ccccc1. The third kappa shape index (κ3) is 6.53. The molecule has 0 unspecified atom stereocenters. The zero-order valence-corrected chi connectivity index (χ0v) is 17.1. The Bertz CT molecular complexity index is 992. The van der Waals surface area contributed by atoms with E-state index in [1.54, 1.807) is 43.5 Å². The van der Waals surface area contributed by atoms with E-state index in [9.17, 15) is 4.79 Å². The lowest BCUT2D eigenvalue weighted by atomic mass is 10.2. The molecule has 3 aromatic carbocycles. The smallest absolute Gasteiger partial charge is 0.265 e.